The normalized spacial score (nSPS) is 17.8. The lowest BCUT2D eigenvalue weighted by Crippen LogP contribution is -2.48. The van der Waals surface area contributed by atoms with E-state index in [1.165, 1.54) is 4.31 Å². The van der Waals surface area contributed by atoms with Crippen molar-refractivity contribution in [3.05, 3.63) is 29.8 Å². The molecule has 0 bridgehead atoms. The summed E-state index contributed by atoms with van der Waals surface area (Å²) >= 11 is 0. The van der Waals surface area contributed by atoms with Crippen LogP contribution in [0.4, 0.5) is 0 Å². The van der Waals surface area contributed by atoms with Crippen LogP contribution in [0.1, 0.15) is 25.3 Å². The number of carbonyl (C=O) groups excluding carboxylic acids is 1. The minimum atomic E-state index is -3.45. The monoisotopic (exact) mass is 375 g/mol. The van der Waals surface area contributed by atoms with Crippen LogP contribution in [0.25, 0.3) is 0 Å². The molecule has 2 rings (SSSR count). The maximum Gasteiger partial charge on any atom is 0.243 e. The Morgan fingerprint density at radius 2 is 1.83 bits per heavy atom. The molecule has 1 amide bonds. The zero-order chi connectivity index (χ0) is 17.0. The van der Waals surface area contributed by atoms with Gasteiger partial charge in [0.15, 0.2) is 0 Å². The highest BCUT2D eigenvalue weighted by Crippen LogP contribution is 2.21. The molecule has 1 saturated heterocycles. The van der Waals surface area contributed by atoms with Crippen LogP contribution in [0.5, 0.6) is 0 Å². The molecule has 6 nitrogen and oxygen atoms in total. The van der Waals surface area contributed by atoms with Gasteiger partial charge in [-0.3, -0.25) is 4.79 Å². The fourth-order valence-electron chi connectivity index (χ4n) is 2.55. The zero-order valence-electron chi connectivity index (χ0n) is 14.1. The van der Waals surface area contributed by atoms with E-state index in [0.29, 0.717) is 37.4 Å². The van der Waals surface area contributed by atoms with Gasteiger partial charge >= 0.3 is 0 Å². The van der Waals surface area contributed by atoms with Crippen LogP contribution >= 0.6 is 12.4 Å². The van der Waals surface area contributed by atoms with Crippen LogP contribution in [0, 0.1) is 12.8 Å². The predicted molar refractivity (Wildman–Crippen MR) is 96.6 cm³/mol. The molecule has 8 heteroatoms. The van der Waals surface area contributed by atoms with Crippen LogP contribution in [0.15, 0.2) is 29.2 Å². The van der Waals surface area contributed by atoms with Gasteiger partial charge < -0.3 is 11.1 Å². The van der Waals surface area contributed by atoms with Gasteiger partial charge in [0, 0.05) is 31.6 Å². The van der Waals surface area contributed by atoms with Crippen molar-refractivity contribution in [2.24, 2.45) is 11.7 Å². The Labute approximate surface area is 150 Å². The van der Waals surface area contributed by atoms with Gasteiger partial charge in [0.25, 0.3) is 0 Å². The predicted octanol–water partition coefficient (Wildman–Crippen LogP) is 1.28. The first-order valence-corrected chi connectivity index (χ1v) is 9.36. The van der Waals surface area contributed by atoms with E-state index in [9.17, 15) is 13.2 Å². The van der Waals surface area contributed by atoms with E-state index in [0.717, 1.165) is 5.56 Å². The smallest absolute Gasteiger partial charge is 0.243 e. The minimum Gasteiger partial charge on any atom is -0.353 e. The molecule has 0 radical (unpaired) electrons. The van der Waals surface area contributed by atoms with Gasteiger partial charge in [-0.15, -0.1) is 12.4 Å². The van der Waals surface area contributed by atoms with Crippen molar-refractivity contribution in [1.82, 2.24) is 9.62 Å². The molecule has 1 atom stereocenters. The first kappa shape index (κ1) is 20.9. The number of halogens is 1. The summed E-state index contributed by atoms with van der Waals surface area (Å²) in [4.78, 5) is 12.2. The molecule has 1 aliphatic rings. The van der Waals surface area contributed by atoms with Gasteiger partial charge in [0.1, 0.15) is 0 Å². The number of nitrogens with one attached hydrogen (secondary N) is 1. The second kappa shape index (κ2) is 8.80. The molecule has 24 heavy (non-hydrogen) atoms. The highest BCUT2D eigenvalue weighted by Gasteiger charge is 2.30. The van der Waals surface area contributed by atoms with E-state index in [4.69, 9.17) is 5.73 Å². The van der Waals surface area contributed by atoms with Gasteiger partial charge in [-0.1, -0.05) is 24.6 Å². The quantitative estimate of drug-likeness (QED) is 0.810. The highest BCUT2D eigenvalue weighted by molar-refractivity contribution is 7.89. The van der Waals surface area contributed by atoms with E-state index in [1.54, 1.807) is 31.2 Å². The van der Waals surface area contributed by atoms with Crippen molar-refractivity contribution in [2.45, 2.75) is 37.6 Å². The Morgan fingerprint density at radius 1 is 1.29 bits per heavy atom. The highest BCUT2D eigenvalue weighted by atomic mass is 35.5. The second-order valence-electron chi connectivity index (χ2n) is 6.14. The molecule has 1 aromatic rings. The summed E-state index contributed by atoms with van der Waals surface area (Å²) in [5, 5.41) is 2.95. The van der Waals surface area contributed by atoms with Gasteiger partial charge in [0.05, 0.1) is 4.90 Å². The van der Waals surface area contributed by atoms with Crippen LogP contribution in [-0.4, -0.2) is 44.3 Å². The van der Waals surface area contributed by atoms with Crippen molar-refractivity contribution in [3.8, 4) is 0 Å². The van der Waals surface area contributed by atoms with Gasteiger partial charge in [-0.2, -0.15) is 4.31 Å². The van der Waals surface area contributed by atoms with E-state index >= 15 is 0 Å². The fraction of sp³-hybridized carbons (Fsp3) is 0.562. The Kier molecular flexibility index (Phi) is 7.66. The molecule has 3 N–H and O–H groups in total. The lowest BCUT2D eigenvalue weighted by Gasteiger charge is -2.32. The van der Waals surface area contributed by atoms with E-state index in [2.05, 4.69) is 5.32 Å². The maximum absolute atomic E-state index is 12.6. The van der Waals surface area contributed by atoms with Gasteiger partial charge in [-0.25, -0.2) is 8.42 Å². The molecule has 0 aromatic heterocycles. The second-order valence-corrected chi connectivity index (χ2v) is 8.07. The number of nitrogens with two attached hydrogens (primary N) is 1. The van der Waals surface area contributed by atoms with Crippen LogP contribution in [-0.2, 0) is 14.8 Å². The number of benzene rings is 1. The third-order valence-corrected chi connectivity index (χ3v) is 6.17. The number of aryl methyl sites for hydroxylation is 1. The third-order valence-electron chi connectivity index (χ3n) is 4.26. The summed E-state index contributed by atoms with van der Waals surface area (Å²) in [6.07, 6.45) is 1.24. The number of hydrogen-bond donors (Lipinski definition) is 2. The van der Waals surface area contributed by atoms with Crippen LogP contribution < -0.4 is 11.1 Å². The Morgan fingerprint density at radius 3 is 2.33 bits per heavy atom. The van der Waals surface area contributed by atoms with E-state index < -0.39 is 10.0 Å². The maximum atomic E-state index is 12.6. The standard InChI is InChI=1S/C16H25N3O3S.ClH/c1-12-3-5-15(6-4-12)23(21,22)19-9-7-14(8-10-19)18-16(20)13(2)11-17;/h3-6,13-14H,7-11,17H2,1-2H3,(H,18,20);1H. The summed E-state index contributed by atoms with van der Waals surface area (Å²) < 4.78 is 26.7. The zero-order valence-corrected chi connectivity index (χ0v) is 15.7. The number of hydrogen-bond acceptors (Lipinski definition) is 4. The Balaban J connectivity index is 0.00000288. The Hall–Kier alpha value is -1.15. The number of piperidine rings is 1. The molecule has 1 unspecified atom stereocenters. The van der Waals surface area contributed by atoms with Crippen molar-refractivity contribution in [1.29, 1.82) is 0 Å². The first-order valence-electron chi connectivity index (χ1n) is 7.92. The fourth-order valence-corrected chi connectivity index (χ4v) is 4.02. The molecule has 1 heterocycles. The minimum absolute atomic E-state index is 0. The summed E-state index contributed by atoms with van der Waals surface area (Å²) in [7, 11) is -3.45. The summed E-state index contributed by atoms with van der Waals surface area (Å²) in [6, 6.07) is 6.89. The van der Waals surface area contributed by atoms with Crippen LogP contribution in [0.2, 0.25) is 0 Å². The van der Waals surface area contributed by atoms with E-state index in [-0.39, 0.29) is 30.3 Å². The molecular weight excluding hydrogens is 350 g/mol. The SMILES string of the molecule is Cc1ccc(S(=O)(=O)N2CCC(NC(=O)C(C)CN)CC2)cc1.Cl. The lowest BCUT2D eigenvalue weighted by atomic mass is 10.1. The molecule has 0 spiro atoms. The van der Waals surface area contributed by atoms with Crippen LogP contribution in [0.3, 0.4) is 0 Å². The van der Waals surface area contributed by atoms with Crippen molar-refractivity contribution in [2.75, 3.05) is 19.6 Å². The number of carbonyl (C=O) groups is 1. The number of rotatable bonds is 5. The van der Waals surface area contributed by atoms with E-state index in [1.807, 2.05) is 6.92 Å². The summed E-state index contributed by atoms with van der Waals surface area (Å²) in [5.41, 5.74) is 6.51. The number of nitrogens with zero attached hydrogens (tertiary/aromatic N) is 1. The molecule has 0 aliphatic carbocycles. The number of amides is 1. The van der Waals surface area contributed by atoms with Crippen molar-refractivity contribution in [3.63, 3.8) is 0 Å². The Bertz CT molecular complexity index is 641. The lowest BCUT2D eigenvalue weighted by molar-refractivity contribution is -0.125. The molecule has 1 aromatic carbocycles. The van der Waals surface area contributed by atoms with Crippen molar-refractivity contribution >= 4 is 28.3 Å². The van der Waals surface area contributed by atoms with Crippen molar-refractivity contribution < 1.29 is 13.2 Å². The molecule has 136 valence electrons. The van der Waals surface area contributed by atoms with Gasteiger partial charge in [0.2, 0.25) is 15.9 Å². The summed E-state index contributed by atoms with van der Waals surface area (Å²) in [5.74, 6) is -0.281. The molecular formula is C16H26ClN3O3S. The largest absolute Gasteiger partial charge is 0.353 e. The molecule has 1 fully saturated rings. The topological polar surface area (TPSA) is 92.5 Å². The molecule has 1 aliphatic heterocycles. The summed E-state index contributed by atoms with van der Waals surface area (Å²) in [6.45, 7) is 4.85. The number of sulfonamides is 1. The average Bonchev–Trinajstić information content (AvgIpc) is 2.55. The average molecular weight is 376 g/mol. The third kappa shape index (κ3) is 4.92. The molecule has 0 saturated carbocycles. The van der Waals surface area contributed by atoms with Gasteiger partial charge in [-0.05, 0) is 31.9 Å². The first-order chi connectivity index (χ1) is 10.8.